The molecule has 9 nitrogen and oxygen atoms in total. The Morgan fingerprint density at radius 1 is 1.16 bits per heavy atom. The van der Waals surface area contributed by atoms with Crippen molar-refractivity contribution in [3.05, 3.63) is 53.6 Å². The summed E-state index contributed by atoms with van der Waals surface area (Å²) in [5, 5.41) is 5.48. The molecule has 0 aliphatic carbocycles. The van der Waals surface area contributed by atoms with E-state index in [1.54, 1.807) is 17.0 Å². The van der Waals surface area contributed by atoms with Gasteiger partial charge in [0, 0.05) is 31.9 Å². The lowest BCUT2D eigenvalue weighted by molar-refractivity contribution is -0.119. The molecule has 0 aromatic heterocycles. The average Bonchev–Trinajstić information content (AvgIpc) is 3.21. The van der Waals surface area contributed by atoms with Gasteiger partial charge in [0.1, 0.15) is 6.04 Å². The zero-order valence-electron chi connectivity index (χ0n) is 17.1. The Kier molecular flexibility index (Phi) is 5.28. The summed E-state index contributed by atoms with van der Waals surface area (Å²) < 4.78 is 25.7. The first kappa shape index (κ1) is 21.0. The first-order valence-electron chi connectivity index (χ1n) is 9.78. The van der Waals surface area contributed by atoms with Gasteiger partial charge < -0.3 is 15.5 Å². The number of hydrogen-bond acceptors (Lipinski definition) is 5. The normalized spacial score (nSPS) is 18.3. The van der Waals surface area contributed by atoms with E-state index in [0.29, 0.717) is 29.9 Å². The third-order valence-electron chi connectivity index (χ3n) is 5.46. The van der Waals surface area contributed by atoms with Crippen molar-refractivity contribution in [3.63, 3.8) is 0 Å². The number of carbonyl (C=O) groups is 3. The summed E-state index contributed by atoms with van der Waals surface area (Å²) in [6.07, 6.45) is 1.39. The Morgan fingerprint density at radius 2 is 1.94 bits per heavy atom. The zero-order valence-corrected chi connectivity index (χ0v) is 17.9. The van der Waals surface area contributed by atoms with Crippen molar-refractivity contribution >= 4 is 39.1 Å². The van der Waals surface area contributed by atoms with Crippen LogP contribution < -0.4 is 10.6 Å². The Bertz CT molecular complexity index is 1190. The zero-order chi connectivity index (χ0) is 22.3. The molecule has 1 fully saturated rings. The van der Waals surface area contributed by atoms with Gasteiger partial charge in [0.2, 0.25) is 15.9 Å². The number of hydrogen-bond donors (Lipinski definition) is 2. The van der Waals surface area contributed by atoms with Crippen LogP contribution in [-0.4, -0.2) is 62.0 Å². The van der Waals surface area contributed by atoms with Crippen molar-refractivity contribution in [1.82, 2.24) is 9.21 Å². The lowest BCUT2D eigenvalue weighted by Gasteiger charge is -2.20. The van der Waals surface area contributed by atoms with Crippen LogP contribution in [0.2, 0.25) is 0 Å². The highest BCUT2D eigenvalue weighted by molar-refractivity contribution is 7.89. The molecule has 162 valence electrons. The molecule has 2 aliphatic rings. The summed E-state index contributed by atoms with van der Waals surface area (Å²) in [5.41, 5.74) is 1.24. The number of benzene rings is 2. The summed E-state index contributed by atoms with van der Waals surface area (Å²) >= 11 is 0. The minimum Gasteiger partial charge on any atom is -0.327 e. The van der Waals surface area contributed by atoms with Gasteiger partial charge in [-0.3, -0.25) is 14.4 Å². The average molecular weight is 442 g/mol. The number of carbonyl (C=O) groups excluding carboxylic acids is 3. The fourth-order valence-electron chi connectivity index (χ4n) is 3.77. The Hall–Kier alpha value is -3.24. The first-order chi connectivity index (χ1) is 14.7. The van der Waals surface area contributed by atoms with Crippen LogP contribution in [0.5, 0.6) is 0 Å². The molecule has 2 aliphatic heterocycles. The van der Waals surface area contributed by atoms with Gasteiger partial charge in [-0.1, -0.05) is 6.07 Å². The SMILES string of the molecule is CN(C)S(=O)(=O)c1cccc(C(=O)Nc2ccc3c(c2)C(=O)N2CCCC2C(=O)N3)c1. The summed E-state index contributed by atoms with van der Waals surface area (Å²) in [6, 6.07) is 9.94. The van der Waals surface area contributed by atoms with Crippen LogP contribution in [0, 0.1) is 0 Å². The molecule has 1 unspecified atom stereocenters. The monoisotopic (exact) mass is 442 g/mol. The molecule has 2 aromatic rings. The van der Waals surface area contributed by atoms with E-state index in [1.807, 2.05) is 0 Å². The molecule has 2 aromatic carbocycles. The summed E-state index contributed by atoms with van der Waals surface area (Å²) in [6.45, 7) is 0.514. The van der Waals surface area contributed by atoms with Crippen LogP contribution in [0.1, 0.15) is 33.6 Å². The summed E-state index contributed by atoms with van der Waals surface area (Å²) in [4.78, 5) is 39.6. The van der Waals surface area contributed by atoms with E-state index in [0.717, 1.165) is 10.7 Å². The van der Waals surface area contributed by atoms with Gasteiger partial charge in [0.05, 0.1) is 16.1 Å². The highest BCUT2D eigenvalue weighted by atomic mass is 32.2. The molecule has 2 N–H and O–H groups in total. The molecule has 4 rings (SSSR count). The predicted molar refractivity (Wildman–Crippen MR) is 114 cm³/mol. The molecule has 31 heavy (non-hydrogen) atoms. The van der Waals surface area contributed by atoms with Gasteiger partial charge in [-0.05, 0) is 49.2 Å². The van der Waals surface area contributed by atoms with Crippen LogP contribution in [0.4, 0.5) is 11.4 Å². The first-order valence-corrected chi connectivity index (χ1v) is 11.2. The summed E-state index contributed by atoms with van der Waals surface area (Å²) in [5.74, 6) is -0.980. The fourth-order valence-corrected chi connectivity index (χ4v) is 4.72. The molecule has 2 heterocycles. The van der Waals surface area contributed by atoms with Crippen molar-refractivity contribution in [2.24, 2.45) is 0 Å². The van der Waals surface area contributed by atoms with Crippen molar-refractivity contribution < 1.29 is 22.8 Å². The third kappa shape index (κ3) is 3.79. The van der Waals surface area contributed by atoms with Gasteiger partial charge in [0.25, 0.3) is 11.8 Å². The maximum absolute atomic E-state index is 12.9. The lowest BCUT2D eigenvalue weighted by Crippen LogP contribution is -2.40. The molecule has 0 bridgehead atoms. The molecule has 10 heteroatoms. The molecule has 0 spiro atoms. The van der Waals surface area contributed by atoms with Crippen molar-refractivity contribution in [2.75, 3.05) is 31.3 Å². The van der Waals surface area contributed by atoms with Crippen LogP contribution in [0.25, 0.3) is 0 Å². The second-order valence-corrected chi connectivity index (χ2v) is 9.83. The molecule has 0 radical (unpaired) electrons. The van der Waals surface area contributed by atoms with Crippen LogP contribution in [-0.2, 0) is 14.8 Å². The Morgan fingerprint density at radius 3 is 2.68 bits per heavy atom. The largest absolute Gasteiger partial charge is 0.327 e. The fraction of sp³-hybridized carbons (Fsp3) is 0.286. The second kappa shape index (κ2) is 7.78. The number of sulfonamides is 1. The molecule has 0 saturated carbocycles. The molecule has 1 saturated heterocycles. The number of amides is 3. The molecular weight excluding hydrogens is 420 g/mol. The topological polar surface area (TPSA) is 116 Å². The second-order valence-electron chi connectivity index (χ2n) is 7.68. The predicted octanol–water partition coefficient (Wildman–Crippen LogP) is 1.75. The Labute approximate surface area is 180 Å². The number of rotatable bonds is 4. The molecular formula is C21H22N4O5S. The number of nitrogens with one attached hydrogen (secondary N) is 2. The maximum atomic E-state index is 12.9. The van der Waals surface area contributed by atoms with E-state index in [9.17, 15) is 22.8 Å². The maximum Gasteiger partial charge on any atom is 0.256 e. The van der Waals surface area contributed by atoms with E-state index < -0.39 is 22.0 Å². The van der Waals surface area contributed by atoms with E-state index in [-0.39, 0.29) is 22.3 Å². The third-order valence-corrected chi connectivity index (χ3v) is 7.27. The van der Waals surface area contributed by atoms with E-state index in [2.05, 4.69) is 10.6 Å². The number of nitrogens with zero attached hydrogens (tertiary/aromatic N) is 2. The minimum atomic E-state index is -3.68. The van der Waals surface area contributed by atoms with Gasteiger partial charge in [-0.15, -0.1) is 0 Å². The Balaban J connectivity index is 1.60. The van der Waals surface area contributed by atoms with Gasteiger partial charge >= 0.3 is 0 Å². The van der Waals surface area contributed by atoms with E-state index in [4.69, 9.17) is 0 Å². The highest BCUT2D eigenvalue weighted by Gasteiger charge is 2.38. The minimum absolute atomic E-state index is 0.00467. The van der Waals surface area contributed by atoms with Crippen LogP contribution in [0.15, 0.2) is 47.4 Å². The summed E-state index contributed by atoms with van der Waals surface area (Å²) in [7, 11) is -0.850. The van der Waals surface area contributed by atoms with Crippen molar-refractivity contribution in [2.45, 2.75) is 23.8 Å². The standard InChI is InChI=1S/C21H22N4O5S/c1-24(2)31(29,30)15-6-3-5-13(11-15)19(26)22-14-8-9-17-16(12-14)21(28)25-10-4-7-18(25)20(27)23-17/h3,5-6,8-9,11-12,18H,4,7,10H2,1-2H3,(H,22,26)(H,23,27). The van der Waals surface area contributed by atoms with Gasteiger partial charge in [-0.2, -0.15) is 0 Å². The smallest absolute Gasteiger partial charge is 0.256 e. The van der Waals surface area contributed by atoms with Crippen molar-refractivity contribution in [3.8, 4) is 0 Å². The van der Waals surface area contributed by atoms with Gasteiger partial charge in [-0.25, -0.2) is 12.7 Å². The van der Waals surface area contributed by atoms with Crippen LogP contribution >= 0.6 is 0 Å². The van der Waals surface area contributed by atoms with Gasteiger partial charge in [0.15, 0.2) is 0 Å². The van der Waals surface area contributed by atoms with Crippen molar-refractivity contribution in [1.29, 1.82) is 0 Å². The van der Waals surface area contributed by atoms with E-state index >= 15 is 0 Å². The molecule has 1 atom stereocenters. The van der Waals surface area contributed by atoms with Crippen LogP contribution in [0.3, 0.4) is 0 Å². The lowest BCUT2D eigenvalue weighted by atomic mass is 10.1. The molecule has 3 amide bonds. The van der Waals surface area contributed by atoms with E-state index in [1.165, 1.54) is 44.4 Å². The quantitative estimate of drug-likeness (QED) is 0.748. The number of anilines is 2. The number of fused-ring (bicyclic) bond motifs is 2. The highest BCUT2D eigenvalue weighted by Crippen LogP contribution is 2.30.